The highest BCUT2D eigenvalue weighted by molar-refractivity contribution is 5.92. The van der Waals surface area contributed by atoms with E-state index < -0.39 is 0 Å². The Kier molecular flexibility index (Phi) is 3.94. The monoisotopic (exact) mass is 263 g/mol. The van der Waals surface area contributed by atoms with Gasteiger partial charge < -0.3 is 15.5 Å². The maximum Gasteiger partial charge on any atom is 0.273 e. The van der Waals surface area contributed by atoms with Crippen LogP contribution in [0, 0.1) is 0 Å². The zero-order valence-corrected chi connectivity index (χ0v) is 11.0. The van der Waals surface area contributed by atoms with E-state index >= 15 is 0 Å². The summed E-state index contributed by atoms with van der Waals surface area (Å²) >= 11 is 0. The number of nitrogens with one attached hydrogen (secondary N) is 2. The van der Waals surface area contributed by atoms with Crippen LogP contribution < -0.4 is 10.6 Å². The average Bonchev–Trinajstić information content (AvgIpc) is 2.41. The van der Waals surface area contributed by atoms with Crippen LogP contribution in [0.2, 0.25) is 0 Å². The molecule has 0 aromatic carbocycles. The van der Waals surface area contributed by atoms with E-state index in [0.29, 0.717) is 5.82 Å². The Morgan fingerprint density at radius 1 is 1.42 bits per heavy atom. The molecule has 0 bridgehead atoms. The molecule has 1 aliphatic heterocycles. The second-order valence-electron chi connectivity index (χ2n) is 4.63. The lowest BCUT2D eigenvalue weighted by molar-refractivity contribution is -0.123. The van der Waals surface area contributed by atoms with Gasteiger partial charge in [-0.3, -0.25) is 9.59 Å². The molecule has 2 amide bonds. The molecule has 0 spiro atoms. The van der Waals surface area contributed by atoms with Crippen LogP contribution >= 0.6 is 0 Å². The number of piperidine rings is 1. The summed E-state index contributed by atoms with van der Waals surface area (Å²) < 4.78 is 0. The SMILES string of the molecule is CN(C)C(=O)c1ccc(NC2CCCNC2=O)nn1. The Morgan fingerprint density at radius 3 is 2.79 bits per heavy atom. The molecule has 1 aromatic rings. The lowest BCUT2D eigenvalue weighted by Gasteiger charge is -2.22. The van der Waals surface area contributed by atoms with Crippen LogP contribution in [0.25, 0.3) is 0 Å². The van der Waals surface area contributed by atoms with Gasteiger partial charge in [-0.2, -0.15) is 0 Å². The molecule has 0 aliphatic carbocycles. The number of nitrogens with zero attached hydrogens (tertiary/aromatic N) is 3. The van der Waals surface area contributed by atoms with Gasteiger partial charge in [-0.15, -0.1) is 10.2 Å². The maximum atomic E-state index is 11.6. The van der Waals surface area contributed by atoms with Crippen molar-refractivity contribution in [3.05, 3.63) is 17.8 Å². The highest BCUT2D eigenvalue weighted by Gasteiger charge is 2.22. The molecule has 1 fully saturated rings. The van der Waals surface area contributed by atoms with Gasteiger partial charge in [0, 0.05) is 20.6 Å². The Bertz CT molecular complexity index is 472. The molecule has 19 heavy (non-hydrogen) atoms. The van der Waals surface area contributed by atoms with Crippen molar-refractivity contribution in [2.75, 3.05) is 26.0 Å². The molecule has 1 unspecified atom stereocenters. The minimum absolute atomic E-state index is 0.0264. The predicted molar refractivity (Wildman–Crippen MR) is 69.7 cm³/mol. The quantitative estimate of drug-likeness (QED) is 0.793. The molecule has 1 aliphatic rings. The minimum Gasteiger partial charge on any atom is -0.357 e. The molecule has 1 saturated heterocycles. The normalized spacial score (nSPS) is 18.6. The number of rotatable bonds is 3. The van der Waals surface area contributed by atoms with E-state index in [1.54, 1.807) is 26.2 Å². The molecule has 0 saturated carbocycles. The van der Waals surface area contributed by atoms with Crippen molar-refractivity contribution in [2.24, 2.45) is 0 Å². The van der Waals surface area contributed by atoms with Crippen LogP contribution in [0.3, 0.4) is 0 Å². The van der Waals surface area contributed by atoms with Gasteiger partial charge in [-0.05, 0) is 25.0 Å². The number of carbonyl (C=O) groups excluding carboxylic acids is 2. The smallest absolute Gasteiger partial charge is 0.273 e. The highest BCUT2D eigenvalue weighted by atomic mass is 16.2. The number of hydrogen-bond donors (Lipinski definition) is 2. The molecular weight excluding hydrogens is 246 g/mol. The molecule has 2 heterocycles. The topological polar surface area (TPSA) is 87.2 Å². The first-order valence-electron chi connectivity index (χ1n) is 6.17. The van der Waals surface area contributed by atoms with Crippen molar-refractivity contribution in [1.82, 2.24) is 20.4 Å². The summed E-state index contributed by atoms with van der Waals surface area (Å²) in [5, 5.41) is 13.6. The Balaban J connectivity index is 2.02. The summed E-state index contributed by atoms with van der Waals surface area (Å²) in [4.78, 5) is 24.7. The first kappa shape index (κ1) is 13.3. The summed E-state index contributed by atoms with van der Waals surface area (Å²) in [6, 6.07) is 2.97. The largest absolute Gasteiger partial charge is 0.357 e. The third-order valence-electron chi connectivity index (χ3n) is 2.90. The van der Waals surface area contributed by atoms with Gasteiger partial charge in [0.15, 0.2) is 5.69 Å². The van der Waals surface area contributed by atoms with Crippen LogP contribution in [0.5, 0.6) is 0 Å². The van der Waals surface area contributed by atoms with Crippen molar-refractivity contribution in [3.63, 3.8) is 0 Å². The Labute approximate surface area is 111 Å². The molecule has 1 atom stereocenters. The summed E-state index contributed by atoms with van der Waals surface area (Å²) in [6.45, 7) is 0.721. The lowest BCUT2D eigenvalue weighted by atomic mass is 10.1. The molecule has 102 valence electrons. The van der Waals surface area contributed by atoms with Crippen LogP contribution in [0.4, 0.5) is 5.82 Å². The van der Waals surface area contributed by atoms with Crippen molar-refractivity contribution in [1.29, 1.82) is 0 Å². The molecule has 2 rings (SSSR count). The van der Waals surface area contributed by atoms with Gasteiger partial charge >= 0.3 is 0 Å². The second-order valence-corrected chi connectivity index (χ2v) is 4.63. The number of anilines is 1. The Morgan fingerprint density at radius 2 is 2.21 bits per heavy atom. The second kappa shape index (κ2) is 5.64. The van der Waals surface area contributed by atoms with Crippen LogP contribution in [0.15, 0.2) is 12.1 Å². The van der Waals surface area contributed by atoms with Crippen molar-refractivity contribution in [2.45, 2.75) is 18.9 Å². The van der Waals surface area contributed by atoms with E-state index in [1.807, 2.05) is 0 Å². The summed E-state index contributed by atoms with van der Waals surface area (Å²) in [5.41, 5.74) is 0.281. The number of aromatic nitrogens is 2. The van der Waals surface area contributed by atoms with Gasteiger partial charge in [-0.1, -0.05) is 0 Å². The third-order valence-corrected chi connectivity index (χ3v) is 2.90. The predicted octanol–water partition coefficient (Wildman–Crippen LogP) is -0.131. The average molecular weight is 263 g/mol. The molecule has 7 heteroatoms. The molecular formula is C12H17N5O2. The lowest BCUT2D eigenvalue weighted by Crippen LogP contribution is -2.44. The summed E-state index contributed by atoms with van der Waals surface area (Å²) in [7, 11) is 3.31. The third kappa shape index (κ3) is 3.18. The summed E-state index contributed by atoms with van der Waals surface area (Å²) in [6.07, 6.45) is 1.71. The van der Waals surface area contributed by atoms with Crippen molar-refractivity contribution in [3.8, 4) is 0 Å². The van der Waals surface area contributed by atoms with Crippen LogP contribution in [-0.2, 0) is 4.79 Å². The molecule has 1 aromatic heterocycles. The molecule has 0 radical (unpaired) electrons. The highest BCUT2D eigenvalue weighted by Crippen LogP contribution is 2.10. The first-order valence-corrected chi connectivity index (χ1v) is 6.17. The zero-order valence-electron chi connectivity index (χ0n) is 11.0. The van der Waals surface area contributed by atoms with Gasteiger partial charge in [0.25, 0.3) is 5.91 Å². The van der Waals surface area contributed by atoms with Crippen molar-refractivity contribution >= 4 is 17.6 Å². The van der Waals surface area contributed by atoms with Gasteiger partial charge in [-0.25, -0.2) is 0 Å². The first-order chi connectivity index (χ1) is 9.08. The Hall–Kier alpha value is -2.18. The molecule has 7 nitrogen and oxygen atoms in total. The zero-order chi connectivity index (χ0) is 13.8. The van der Waals surface area contributed by atoms with E-state index in [1.165, 1.54) is 4.90 Å². The fourth-order valence-corrected chi connectivity index (χ4v) is 1.84. The van der Waals surface area contributed by atoms with Gasteiger partial charge in [0.1, 0.15) is 11.9 Å². The number of carbonyl (C=O) groups is 2. The minimum atomic E-state index is -0.279. The van der Waals surface area contributed by atoms with E-state index in [9.17, 15) is 9.59 Å². The van der Waals surface area contributed by atoms with E-state index in [2.05, 4.69) is 20.8 Å². The molecule has 2 N–H and O–H groups in total. The number of hydrogen-bond acceptors (Lipinski definition) is 5. The van der Waals surface area contributed by atoms with E-state index in [0.717, 1.165) is 19.4 Å². The van der Waals surface area contributed by atoms with Crippen LogP contribution in [-0.4, -0.2) is 53.6 Å². The van der Waals surface area contributed by atoms with Gasteiger partial charge in [0.05, 0.1) is 0 Å². The fraction of sp³-hybridized carbons (Fsp3) is 0.500. The van der Waals surface area contributed by atoms with Crippen LogP contribution in [0.1, 0.15) is 23.3 Å². The summed E-state index contributed by atoms with van der Waals surface area (Å²) in [5.74, 6) is 0.272. The van der Waals surface area contributed by atoms with Crippen molar-refractivity contribution < 1.29 is 9.59 Å². The van der Waals surface area contributed by atoms with E-state index in [-0.39, 0.29) is 23.6 Å². The maximum absolute atomic E-state index is 11.6. The number of amides is 2. The van der Waals surface area contributed by atoms with E-state index in [4.69, 9.17) is 0 Å². The fourth-order valence-electron chi connectivity index (χ4n) is 1.84. The van der Waals surface area contributed by atoms with Gasteiger partial charge in [0.2, 0.25) is 5.91 Å². The standard InChI is InChI=1S/C12H17N5O2/c1-17(2)12(19)9-5-6-10(16-15-9)14-8-4-3-7-13-11(8)18/h5-6,8H,3-4,7H2,1-2H3,(H,13,18)(H,14,16).